The van der Waals surface area contributed by atoms with Crippen LogP contribution in [-0.4, -0.2) is 30.1 Å². The molecule has 0 saturated carbocycles. The van der Waals surface area contributed by atoms with Crippen LogP contribution in [0.15, 0.2) is 52.9 Å². The summed E-state index contributed by atoms with van der Waals surface area (Å²) in [6, 6.07) is 10.5. The summed E-state index contributed by atoms with van der Waals surface area (Å²) >= 11 is 2.30. The molecule has 41 heavy (non-hydrogen) atoms. The van der Waals surface area contributed by atoms with Gasteiger partial charge in [-0.1, -0.05) is 57.0 Å². The number of hydrogen-bond acceptors (Lipinski definition) is 5. The van der Waals surface area contributed by atoms with Crippen LogP contribution < -0.4 is 9.47 Å². The van der Waals surface area contributed by atoms with Gasteiger partial charge in [0.05, 0.1) is 10.7 Å². The summed E-state index contributed by atoms with van der Waals surface area (Å²) in [5, 5.41) is 0. The van der Waals surface area contributed by atoms with Crippen molar-refractivity contribution in [3.63, 3.8) is 0 Å². The van der Waals surface area contributed by atoms with E-state index in [1.807, 2.05) is 6.07 Å². The van der Waals surface area contributed by atoms with E-state index in [2.05, 4.69) is 100 Å². The molecule has 2 aliphatic carbocycles. The van der Waals surface area contributed by atoms with Gasteiger partial charge in [0.15, 0.2) is 23.1 Å². The molecule has 2 aromatic carbocycles. The SMILES string of the molecule is CCN1C2=C(C(=O)CC(C)(C)C2)C(c2cc(I)c(OCc3cc(C)cc(C)c3)c(OC)c2)C2=C1CC(C)(C)CC2=O. The quantitative estimate of drug-likeness (QED) is 0.291. The molecule has 5 nitrogen and oxygen atoms in total. The zero-order chi connectivity index (χ0) is 29.9. The van der Waals surface area contributed by atoms with Crippen LogP contribution in [0.1, 0.15) is 88.5 Å². The third-order valence-corrected chi connectivity index (χ3v) is 9.39. The molecule has 0 N–H and O–H groups in total. The van der Waals surface area contributed by atoms with E-state index in [-0.39, 0.29) is 22.4 Å². The summed E-state index contributed by atoms with van der Waals surface area (Å²) in [5.41, 5.74) is 7.93. The number of halogens is 1. The molecular weight excluding hydrogens is 625 g/mol. The average molecular weight is 668 g/mol. The maximum Gasteiger partial charge on any atom is 0.174 e. The Labute approximate surface area is 258 Å². The van der Waals surface area contributed by atoms with Crippen molar-refractivity contribution in [1.82, 2.24) is 4.90 Å². The van der Waals surface area contributed by atoms with Crippen LogP contribution in [-0.2, 0) is 16.2 Å². The molecule has 5 rings (SSSR count). The van der Waals surface area contributed by atoms with Crippen LogP contribution >= 0.6 is 22.6 Å². The summed E-state index contributed by atoms with van der Waals surface area (Å²) in [5.74, 6) is 1.19. The molecule has 0 saturated heterocycles. The van der Waals surface area contributed by atoms with Gasteiger partial charge in [-0.2, -0.15) is 0 Å². The van der Waals surface area contributed by atoms with Crippen LogP contribution in [0.2, 0.25) is 0 Å². The second kappa shape index (κ2) is 10.9. The van der Waals surface area contributed by atoms with Gasteiger partial charge in [0.1, 0.15) is 6.61 Å². The van der Waals surface area contributed by atoms with E-state index >= 15 is 0 Å². The number of Topliss-reactive ketones (excluding diaryl/α,β-unsaturated/α-hetero) is 2. The summed E-state index contributed by atoms with van der Waals surface area (Å²) in [4.78, 5) is 30.2. The predicted octanol–water partition coefficient (Wildman–Crippen LogP) is 8.20. The first kappa shape index (κ1) is 29.9. The molecule has 1 heterocycles. The van der Waals surface area contributed by atoms with Crippen molar-refractivity contribution >= 4 is 34.2 Å². The van der Waals surface area contributed by atoms with E-state index in [4.69, 9.17) is 9.47 Å². The number of hydrogen-bond donors (Lipinski definition) is 0. The van der Waals surface area contributed by atoms with Gasteiger partial charge < -0.3 is 14.4 Å². The number of ketones is 2. The van der Waals surface area contributed by atoms with Crippen LogP contribution in [0.3, 0.4) is 0 Å². The highest BCUT2D eigenvalue weighted by atomic mass is 127. The first-order valence-electron chi connectivity index (χ1n) is 14.6. The number of methoxy groups -OCH3 is 1. The molecule has 0 atom stereocenters. The summed E-state index contributed by atoms with van der Waals surface area (Å²) in [6.45, 7) is 16.2. The van der Waals surface area contributed by atoms with Crippen LogP contribution in [0.4, 0.5) is 0 Å². The highest BCUT2D eigenvalue weighted by Crippen LogP contribution is 2.55. The van der Waals surface area contributed by atoms with Gasteiger partial charge in [0.2, 0.25) is 0 Å². The highest BCUT2D eigenvalue weighted by molar-refractivity contribution is 14.1. The Morgan fingerprint density at radius 1 is 0.854 bits per heavy atom. The van der Waals surface area contributed by atoms with Crippen molar-refractivity contribution in [1.29, 1.82) is 0 Å². The number of carbonyl (C=O) groups is 2. The Kier molecular flexibility index (Phi) is 7.94. The minimum absolute atomic E-state index is 0.127. The minimum atomic E-state index is -0.397. The van der Waals surface area contributed by atoms with E-state index in [0.29, 0.717) is 30.9 Å². The molecule has 0 unspecified atom stereocenters. The Hall–Kier alpha value is -2.61. The Morgan fingerprint density at radius 3 is 1.88 bits per heavy atom. The number of nitrogens with zero attached hydrogens (tertiary/aromatic N) is 1. The number of carbonyl (C=O) groups excluding carboxylic acids is 2. The van der Waals surface area contributed by atoms with Gasteiger partial charge in [-0.3, -0.25) is 9.59 Å². The Morgan fingerprint density at radius 2 is 1.39 bits per heavy atom. The molecule has 218 valence electrons. The van der Waals surface area contributed by atoms with Crippen molar-refractivity contribution in [2.75, 3.05) is 13.7 Å². The second-order valence-electron chi connectivity index (χ2n) is 13.6. The minimum Gasteiger partial charge on any atom is -0.493 e. The lowest BCUT2D eigenvalue weighted by atomic mass is 9.63. The lowest BCUT2D eigenvalue weighted by molar-refractivity contribution is -0.119. The molecule has 6 heteroatoms. The molecule has 3 aliphatic rings. The maximum absolute atomic E-state index is 13.9. The molecule has 0 aromatic heterocycles. The third-order valence-electron chi connectivity index (χ3n) is 8.59. The van der Waals surface area contributed by atoms with Crippen molar-refractivity contribution in [3.8, 4) is 11.5 Å². The Bertz CT molecular complexity index is 1420. The molecule has 2 aromatic rings. The van der Waals surface area contributed by atoms with E-state index in [0.717, 1.165) is 56.6 Å². The summed E-state index contributed by atoms with van der Waals surface area (Å²) in [7, 11) is 1.65. The van der Waals surface area contributed by atoms with Crippen molar-refractivity contribution in [2.24, 2.45) is 10.8 Å². The highest BCUT2D eigenvalue weighted by Gasteiger charge is 2.48. The normalized spacial score (nSPS) is 20.3. The molecule has 0 radical (unpaired) electrons. The van der Waals surface area contributed by atoms with Crippen LogP contribution in [0, 0.1) is 28.2 Å². The third kappa shape index (κ3) is 5.73. The van der Waals surface area contributed by atoms with E-state index in [1.165, 1.54) is 11.1 Å². The lowest BCUT2D eigenvalue weighted by Crippen LogP contribution is -2.44. The fraction of sp³-hybridized carbons (Fsp3) is 0.486. The van der Waals surface area contributed by atoms with E-state index < -0.39 is 5.92 Å². The van der Waals surface area contributed by atoms with Gasteiger partial charge in [0.25, 0.3) is 0 Å². The zero-order valence-electron chi connectivity index (χ0n) is 25.7. The smallest absolute Gasteiger partial charge is 0.174 e. The number of ether oxygens (including phenoxy) is 2. The fourth-order valence-corrected chi connectivity index (χ4v) is 7.90. The summed E-state index contributed by atoms with van der Waals surface area (Å²) in [6.07, 6.45) is 2.59. The van der Waals surface area contributed by atoms with Gasteiger partial charge in [-0.25, -0.2) is 0 Å². The molecule has 0 amide bonds. The van der Waals surface area contributed by atoms with Gasteiger partial charge in [0, 0.05) is 47.8 Å². The van der Waals surface area contributed by atoms with E-state index in [1.54, 1.807) is 7.11 Å². The largest absolute Gasteiger partial charge is 0.493 e. The van der Waals surface area contributed by atoms with Crippen molar-refractivity contribution in [2.45, 2.75) is 86.7 Å². The Balaban J connectivity index is 1.64. The van der Waals surface area contributed by atoms with Crippen molar-refractivity contribution < 1.29 is 19.1 Å². The standard InChI is InChI=1S/C35H42INO4/c1-9-37-25-15-34(4,5)17-27(38)31(25)30(32-26(37)16-35(6,7)18-28(32)39)23-13-24(36)33(29(14-23)40-8)41-19-22-11-20(2)10-21(3)12-22/h10-14,30H,9,15-19H2,1-8H3. The molecular formula is C35H42INO4. The number of benzene rings is 2. The van der Waals surface area contributed by atoms with Gasteiger partial charge in [-0.05, 0) is 90.3 Å². The monoisotopic (exact) mass is 667 g/mol. The molecule has 0 fully saturated rings. The molecule has 0 spiro atoms. The average Bonchev–Trinajstić information content (AvgIpc) is 2.84. The summed E-state index contributed by atoms with van der Waals surface area (Å²) < 4.78 is 13.1. The first-order valence-corrected chi connectivity index (χ1v) is 15.7. The van der Waals surface area contributed by atoms with Crippen molar-refractivity contribution in [3.05, 3.63) is 78.7 Å². The van der Waals surface area contributed by atoms with E-state index in [9.17, 15) is 9.59 Å². The first-order chi connectivity index (χ1) is 19.2. The maximum atomic E-state index is 13.9. The topological polar surface area (TPSA) is 55.8 Å². The molecule has 0 bridgehead atoms. The van der Waals surface area contributed by atoms with Crippen LogP contribution in [0.25, 0.3) is 0 Å². The number of rotatable bonds is 6. The zero-order valence-corrected chi connectivity index (χ0v) is 27.8. The van der Waals surface area contributed by atoms with Gasteiger partial charge in [-0.15, -0.1) is 0 Å². The number of allylic oxidation sites excluding steroid dienone is 4. The van der Waals surface area contributed by atoms with Crippen LogP contribution in [0.5, 0.6) is 11.5 Å². The van der Waals surface area contributed by atoms with Gasteiger partial charge >= 0.3 is 0 Å². The fourth-order valence-electron chi connectivity index (χ4n) is 7.12. The predicted molar refractivity (Wildman–Crippen MR) is 171 cm³/mol. The number of aryl methyl sites for hydroxylation is 2. The second-order valence-corrected chi connectivity index (χ2v) is 14.8. The lowest BCUT2D eigenvalue weighted by Gasteiger charge is -2.49. The molecule has 1 aliphatic heterocycles.